The van der Waals surface area contributed by atoms with Gasteiger partial charge < -0.3 is 26.4 Å². The van der Waals surface area contributed by atoms with E-state index in [9.17, 15) is 9.59 Å². The summed E-state index contributed by atoms with van der Waals surface area (Å²) in [5.74, 6) is -0.0956. The minimum atomic E-state index is -0.451. The Balaban J connectivity index is 4.52. The largest absolute Gasteiger partial charge is 0.446 e. The van der Waals surface area contributed by atoms with Crippen LogP contribution in [0.1, 0.15) is 47.0 Å². The van der Waals surface area contributed by atoms with E-state index in [-0.39, 0.29) is 23.5 Å². The third kappa shape index (κ3) is 10.9. The molecule has 0 radical (unpaired) electrons. The molecule has 0 saturated carbocycles. The van der Waals surface area contributed by atoms with Crippen LogP contribution >= 0.6 is 0 Å². The average molecular weight is 369 g/mol. The van der Waals surface area contributed by atoms with E-state index in [2.05, 4.69) is 16.0 Å². The minimum Gasteiger partial charge on any atom is -0.446 e. The molecule has 0 unspecified atom stereocenters. The van der Waals surface area contributed by atoms with Gasteiger partial charge in [0.25, 0.3) is 0 Å². The first kappa shape index (κ1) is 24.1. The van der Waals surface area contributed by atoms with E-state index in [1.807, 2.05) is 39.8 Å². The van der Waals surface area contributed by atoms with Crippen LogP contribution < -0.4 is 21.7 Å². The van der Waals surface area contributed by atoms with Gasteiger partial charge in [-0.05, 0) is 38.6 Å². The van der Waals surface area contributed by atoms with Crippen molar-refractivity contribution in [2.24, 2.45) is 11.1 Å². The molecule has 26 heavy (non-hydrogen) atoms. The molecule has 0 bridgehead atoms. The van der Waals surface area contributed by atoms with Crippen LogP contribution in [-0.4, -0.2) is 44.3 Å². The zero-order valence-corrected chi connectivity index (χ0v) is 16.8. The monoisotopic (exact) mass is 368 g/mol. The maximum Gasteiger partial charge on any atom is 0.407 e. The van der Waals surface area contributed by atoms with Gasteiger partial charge in [0.2, 0.25) is 5.91 Å². The van der Waals surface area contributed by atoms with Gasteiger partial charge in [0.15, 0.2) is 0 Å². The highest BCUT2D eigenvalue weighted by molar-refractivity contribution is 5.83. The van der Waals surface area contributed by atoms with Crippen molar-refractivity contribution in [3.8, 4) is 0 Å². The third-order valence-electron chi connectivity index (χ3n) is 3.72. The molecule has 0 saturated heterocycles. The van der Waals surface area contributed by atoms with Gasteiger partial charge in [-0.2, -0.15) is 0 Å². The number of hydrogen-bond acceptors (Lipinski definition) is 5. The lowest BCUT2D eigenvalue weighted by Gasteiger charge is -2.28. The van der Waals surface area contributed by atoms with Crippen LogP contribution in [0.2, 0.25) is 0 Å². The quantitative estimate of drug-likeness (QED) is 0.330. The molecular formula is C19H36N4O3. The number of likely N-dealkylation sites (N-methyl/N-ethyl adjacent to an activating group) is 1. The van der Waals surface area contributed by atoms with E-state index < -0.39 is 6.09 Å². The van der Waals surface area contributed by atoms with Crippen molar-refractivity contribution in [3.05, 3.63) is 24.4 Å². The molecule has 0 heterocycles. The van der Waals surface area contributed by atoms with Gasteiger partial charge in [-0.25, -0.2) is 4.79 Å². The fourth-order valence-electron chi connectivity index (χ4n) is 2.37. The zero-order chi connectivity index (χ0) is 20.0. The van der Waals surface area contributed by atoms with Crippen LogP contribution in [0.5, 0.6) is 0 Å². The third-order valence-corrected chi connectivity index (χ3v) is 3.72. The lowest BCUT2D eigenvalue weighted by Crippen LogP contribution is -2.49. The number of alkyl carbamates (subject to hydrolysis) is 1. The number of nitrogens with one attached hydrogen (secondary N) is 3. The SMILES string of the molecule is C/C=C\C[C@@H](C/C=C\NC(=O)[C@@H](NC)C(C)(C)C)OC(=O)NCCCN. The molecule has 0 aliphatic heterocycles. The van der Waals surface area contributed by atoms with E-state index in [0.29, 0.717) is 32.4 Å². The second-order valence-electron chi connectivity index (χ2n) is 7.14. The predicted octanol–water partition coefficient (Wildman–Crippen LogP) is 2.05. The van der Waals surface area contributed by atoms with Crippen molar-refractivity contribution >= 4 is 12.0 Å². The molecule has 2 amide bonds. The Morgan fingerprint density at radius 1 is 1.19 bits per heavy atom. The highest BCUT2D eigenvalue weighted by atomic mass is 16.6. The highest BCUT2D eigenvalue weighted by Crippen LogP contribution is 2.18. The van der Waals surface area contributed by atoms with Crippen molar-refractivity contribution in [2.45, 2.75) is 59.1 Å². The summed E-state index contributed by atoms with van der Waals surface area (Å²) in [6.07, 6.45) is 8.35. The molecule has 2 atom stereocenters. The molecule has 0 aliphatic rings. The van der Waals surface area contributed by atoms with Gasteiger partial charge in [-0.1, -0.05) is 39.0 Å². The van der Waals surface area contributed by atoms with Gasteiger partial charge in [-0.3, -0.25) is 4.79 Å². The molecule has 5 N–H and O–H groups in total. The molecule has 0 aromatic heterocycles. The van der Waals surface area contributed by atoms with Crippen molar-refractivity contribution < 1.29 is 14.3 Å². The molecule has 0 rings (SSSR count). The Hall–Kier alpha value is -1.86. The Morgan fingerprint density at radius 3 is 2.38 bits per heavy atom. The summed E-state index contributed by atoms with van der Waals surface area (Å²) in [5.41, 5.74) is 5.21. The van der Waals surface area contributed by atoms with E-state index in [4.69, 9.17) is 10.5 Å². The number of carbonyl (C=O) groups is 2. The number of amides is 2. The topological polar surface area (TPSA) is 105 Å². The predicted molar refractivity (Wildman–Crippen MR) is 106 cm³/mol. The second kappa shape index (κ2) is 13.4. The van der Waals surface area contributed by atoms with Crippen molar-refractivity contribution in [1.29, 1.82) is 0 Å². The summed E-state index contributed by atoms with van der Waals surface area (Å²) in [6, 6.07) is -0.296. The summed E-state index contributed by atoms with van der Waals surface area (Å²) in [6.45, 7) is 8.94. The van der Waals surface area contributed by atoms with Crippen molar-refractivity contribution in [3.63, 3.8) is 0 Å². The lowest BCUT2D eigenvalue weighted by molar-refractivity contribution is -0.124. The standard InChI is InChI=1S/C19H36N4O3/c1-6-7-10-15(26-18(25)23-14-9-12-20)11-8-13-22-17(24)16(21-5)19(2,3)4/h6-8,13,15-16,21H,9-12,14,20H2,1-5H3,(H,22,24)(H,23,25)/b7-6-,13-8-/t15-,16+/m0/s1. The Bertz CT molecular complexity index is 470. The van der Waals surface area contributed by atoms with E-state index >= 15 is 0 Å². The molecule has 0 aromatic rings. The van der Waals surface area contributed by atoms with Crippen LogP contribution in [0.4, 0.5) is 4.79 Å². The summed E-state index contributed by atoms with van der Waals surface area (Å²) < 4.78 is 5.41. The van der Waals surface area contributed by atoms with Crippen molar-refractivity contribution in [1.82, 2.24) is 16.0 Å². The molecule has 150 valence electrons. The number of ether oxygens (including phenoxy) is 1. The molecule has 7 heteroatoms. The normalized spacial score (nSPS) is 14.4. The summed E-state index contributed by atoms with van der Waals surface area (Å²) in [5, 5.41) is 8.48. The first-order valence-corrected chi connectivity index (χ1v) is 9.14. The van der Waals surface area contributed by atoms with E-state index in [1.165, 1.54) is 0 Å². The van der Waals surface area contributed by atoms with E-state index in [0.717, 1.165) is 0 Å². The van der Waals surface area contributed by atoms with Gasteiger partial charge in [0, 0.05) is 19.4 Å². The van der Waals surface area contributed by atoms with Crippen LogP contribution in [0.15, 0.2) is 24.4 Å². The first-order chi connectivity index (χ1) is 12.3. The maximum absolute atomic E-state index is 12.2. The molecule has 0 aliphatic carbocycles. The number of carbonyl (C=O) groups excluding carboxylic acids is 2. The molecule has 0 spiro atoms. The second-order valence-corrected chi connectivity index (χ2v) is 7.14. The minimum absolute atomic E-state index is 0.0956. The van der Waals surface area contributed by atoms with Gasteiger partial charge in [0.05, 0.1) is 6.04 Å². The Morgan fingerprint density at radius 2 is 1.85 bits per heavy atom. The number of allylic oxidation sites excluding steroid dienone is 1. The van der Waals surface area contributed by atoms with Crippen LogP contribution in [0, 0.1) is 5.41 Å². The lowest BCUT2D eigenvalue weighted by atomic mass is 9.86. The van der Waals surface area contributed by atoms with Gasteiger partial charge in [-0.15, -0.1) is 0 Å². The molecule has 0 aromatic carbocycles. The number of nitrogens with two attached hydrogens (primary N) is 1. The maximum atomic E-state index is 12.2. The Labute approximate surface area is 157 Å². The Kier molecular flexibility index (Phi) is 12.4. The number of rotatable bonds is 11. The van der Waals surface area contributed by atoms with Gasteiger partial charge >= 0.3 is 6.09 Å². The van der Waals surface area contributed by atoms with Crippen LogP contribution in [-0.2, 0) is 9.53 Å². The fourth-order valence-corrected chi connectivity index (χ4v) is 2.37. The zero-order valence-electron chi connectivity index (χ0n) is 16.8. The van der Waals surface area contributed by atoms with Crippen LogP contribution in [0.3, 0.4) is 0 Å². The molecule has 0 fully saturated rings. The average Bonchev–Trinajstić information content (AvgIpc) is 2.55. The highest BCUT2D eigenvalue weighted by Gasteiger charge is 2.29. The van der Waals surface area contributed by atoms with E-state index in [1.54, 1.807) is 19.3 Å². The molecular weight excluding hydrogens is 332 g/mol. The first-order valence-electron chi connectivity index (χ1n) is 9.14. The summed E-state index contributed by atoms with van der Waals surface area (Å²) in [4.78, 5) is 24.0. The number of hydrogen-bond donors (Lipinski definition) is 4. The smallest absolute Gasteiger partial charge is 0.407 e. The van der Waals surface area contributed by atoms with Crippen LogP contribution in [0.25, 0.3) is 0 Å². The summed E-state index contributed by atoms with van der Waals surface area (Å²) in [7, 11) is 1.77. The summed E-state index contributed by atoms with van der Waals surface area (Å²) >= 11 is 0. The van der Waals surface area contributed by atoms with Gasteiger partial charge in [0.1, 0.15) is 6.10 Å². The van der Waals surface area contributed by atoms with Crippen molar-refractivity contribution in [2.75, 3.05) is 20.1 Å². The molecule has 7 nitrogen and oxygen atoms in total. The fraction of sp³-hybridized carbons (Fsp3) is 0.684.